The Morgan fingerprint density at radius 3 is 2.47 bits per heavy atom. The van der Waals surface area contributed by atoms with Gasteiger partial charge < -0.3 is 15.4 Å². The van der Waals surface area contributed by atoms with Crippen LogP contribution in [0.1, 0.15) is 11.5 Å². The second kappa shape index (κ2) is 4.84. The molecule has 3 heteroatoms. The Balaban J connectivity index is 1.69. The van der Waals surface area contributed by atoms with Crippen molar-refractivity contribution in [1.29, 1.82) is 0 Å². The molecular weight excluding hydrogens is 236 g/mol. The average molecular weight is 254 g/mol. The molecule has 19 heavy (non-hydrogen) atoms. The molecule has 0 aromatic heterocycles. The minimum Gasteiger partial charge on any atom is -0.495 e. The molecule has 2 aromatic rings. The van der Waals surface area contributed by atoms with Gasteiger partial charge >= 0.3 is 0 Å². The first kappa shape index (κ1) is 11.9. The van der Waals surface area contributed by atoms with Crippen molar-refractivity contribution in [2.45, 2.75) is 5.92 Å². The maximum Gasteiger partial charge on any atom is 0.141 e. The second-order valence-electron chi connectivity index (χ2n) is 4.94. The van der Waals surface area contributed by atoms with Gasteiger partial charge in [0.1, 0.15) is 5.75 Å². The van der Waals surface area contributed by atoms with Gasteiger partial charge in [-0.25, -0.2) is 0 Å². The Kier molecular flexibility index (Phi) is 3.03. The molecule has 2 aromatic carbocycles. The summed E-state index contributed by atoms with van der Waals surface area (Å²) in [7, 11) is 1.64. The number of hydrogen-bond donors (Lipinski definition) is 1. The number of methoxy groups -OCH3 is 1. The van der Waals surface area contributed by atoms with Gasteiger partial charge in [-0.2, -0.15) is 0 Å². The molecule has 0 amide bonds. The van der Waals surface area contributed by atoms with Crippen molar-refractivity contribution < 1.29 is 4.74 Å². The molecule has 0 spiro atoms. The first-order valence-corrected chi connectivity index (χ1v) is 6.51. The summed E-state index contributed by atoms with van der Waals surface area (Å²) in [4.78, 5) is 2.34. The number of nitrogens with zero attached hydrogens (tertiary/aromatic N) is 1. The van der Waals surface area contributed by atoms with E-state index in [2.05, 4.69) is 41.3 Å². The van der Waals surface area contributed by atoms with E-state index in [-0.39, 0.29) is 0 Å². The molecule has 0 aliphatic carbocycles. The number of benzene rings is 2. The Bertz CT molecular complexity index is 562. The van der Waals surface area contributed by atoms with Gasteiger partial charge in [-0.3, -0.25) is 0 Å². The smallest absolute Gasteiger partial charge is 0.141 e. The highest BCUT2D eigenvalue weighted by molar-refractivity contribution is 5.64. The van der Waals surface area contributed by atoms with Crippen LogP contribution in [0.3, 0.4) is 0 Å². The molecule has 1 heterocycles. The van der Waals surface area contributed by atoms with Gasteiger partial charge in [-0.15, -0.1) is 0 Å². The summed E-state index contributed by atoms with van der Waals surface area (Å²) in [5.74, 6) is 1.37. The van der Waals surface area contributed by atoms with E-state index in [1.54, 1.807) is 7.11 Å². The zero-order chi connectivity index (χ0) is 13.2. The maximum atomic E-state index is 5.94. The molecule has 1 aliphatic rings. The number of nitrogen functional groups attached to an aromatic ring is 1. The van der Waals surface area contributed by atoms with Crippen LogP contribution < -0.4 is 15.4 Å². The molecule has 1 saturated heterocycles. The third kappa shape index (κ3) is 2.24. The largest absolute Gasteiger partial charge is 0.495 e. The fraction of sp³-hybridized carbons (Fsp3) is 0.250. The van der Waals surface area contributed by atoms with Gasteiger partial charge in [0, 0.05) is 24.7 Å². The summed E-state index contributed by atoms with van der Waals surface area (Å²) in [6.07, 6.45) is 0. The molecule has 3 rings (SSSR count). The molecule has 3 nitrogen and oxygen atoms in total. The highest BCUT2D eigenvalue weighted by atomic mass is 16.5. The van der Waals surface area contributed by atoms with E-state index in [1.807, 2.05) is 12.1 Å². The first-order chi connectivity index (χ1) is 9.28. The van der Waals surface area contributed by atoms with Crippen molar-refractivity contribution in [2.24, 2.45) is 0 Å². The Labute approximate surface area is 113 Å². The van der Waals surface area contributed by atoms with Crippen molar-refractivity contribution in [1.82, 2.24) is 0 Å². The summed E-state index contributed by atoms with van der Waals surface area (Å²) in [6.45, 7) is 2.10. The minimum atomic E-state index is 0.629. The molecule has 0 atom stereocenters. The SMILES string of the molecule is COc1ccc(N2CC(c3ccccc3)C2)cc1N. The van der Waals surface area contributed by atoms with Crippen LogP contribution in [0.4, 0.5) is 11.4 Å². The molecule has 0 saturated carbocycles. The first-order valence-electron chi connectivity index (χ1n) is 6.51. The predicted molar refractivity (Wildman–Crippen MR) is 78.8 cm³/mol. The molecular formula is C16H18N2O. The van der Waals surface area contributed by atoms with Crippen LogP contribution >= 0.6 is 0 Å². The summed E-state index contributed by atoms with van der Waals surface area (Å²) in [6, 6.07) is 16.6. The van der Waals surface area contributed by atoms with Crippen LogP contribution in [-0.2, 0) is 0 Å². The minimum absolute atomic E-state index is 0.629. The zero-order valence-electron chi connectivity index (χ0n) is 11.0. The van der Waals surface area contributed by atoms with Gasteiger partial charge in [0.2, 0.25) is 0 Å². The van der Waals surface area contributed by atoms with E-state index < -0.39 is 0 Å². The van der Waals surface area contributed by atoms with Crippen molar-refractivity contribution >= 4 is 11.4 Å². The van der Waals surface area contributed by atoms with Crippen LogP contribution in [-0.4, -0.2) is 20.2 Å². The van der Waals surface area contributed by atoms with Gasteiger partial charge in [0.15, 0.2) is 0 Å². The lowest BCUT2D eigenvalue weighted by atomic mass is 9.91. The lowest BCUT2D eigenvalue weighted by Crippen LogP contribution is -2.45. The van der Waals surface area contributed by atoms with E-state index in [1.165, 1.54) is 11.3 Å². The van der Waals surface area contributed by atoms with Gasteiger partial charge in [0.05, 0.1) is 12.8 Å². The summed E-state index contributed by atoms with van der Waals surface area (Å²) < 4.78 is 5.18. The summed E-state index contributed by atoms with van der Waals surface area (Å²) in [5, 5.41) is 0. The maximum absolute atomic E-state index is 5.94. The van der Waals surface area contributed by atoms with Crippen molar-refractivity contribution in [3.63, 3.8) is 0 Å². The molecule has 1 aliphatic heterocycles. The molecule has 98 valence electrons. The Hall–Kier alpha value is -2.16. The molecule has 0 radical (unpaired) electrons. The van der Waals surface area contributed by atoms with Crippen LogP contribution in [0.25, 0.3) is 0 Å². The number of rotatable bonds is 3. The number of anilines is 2. The number of nitrogens with two attached hydrogens (primary N) is 1. The lowest BCUT2D eigenvalue weighted by molar-refractivity contribution is 0.417. The normalized spacial score (nSPS) is 15.1. The third-order valence-electron chi connectivity index (χ3n) is 3.73. The quantitative estimate of drug-likeness (QED) is 0.856. The van der Waals surface area contributed by atoms with Gasteiger partial charge in [0.25, 0.3) is 0 Å². The van der Waals surface area contributed by atoms with Crippen molar-refractivity contribution in [2.75, 3.05) is 30.8 Å². The zero-order valence-corrected chi connectivity index (χ0v) is 11.0. The average Bonchev–Trinajstić information content (AvgIpc) is 2.38. The monoisotopic (exact) mass is 254 g/mol. The lowest BCUT2D eigenvalue weighted by Gasteiger charge is -2.41. The van der Waals surface area contributed by atoms with E-state index in [4.69, 9.17) is 10.5 Å². The molecule has 1 fully saturated rings. The van der Waals surface area contributed by atoms with Crippen LogP contribution in [0.15, 0.2) is 48.5 Å². The fourth-order valence-corrected chi connectivity index (χ4v) is 2.54. The van der Waals surface area contributed by atoms with Crippen molar-refractivity contribution in [3.05, 3.63) is 54.1 Å². The van der Waals surface area contributed by atoms with E-state index >= 15 is 0 Å². The topological polar surface area (TPSA) is 38.5 Å². The van der Waals surface area contributed by atoms with E-state index in [0.717, 1.165) is 18.8 Å². The van der Waals surface area contributed by atoms with Crippen molar-refractivity contribution in [3.8, 4) is 5.75 Å². The Morgan fingerprint density at radius 2 is 1.84 bits per heavy atom. The molecule has 0 unspecified atom stereocenters. The van der Waals surface area contributed by atoms with Crippen LogP contribution in [0.5, 0.6) is 5.75 Å². The van der Waals surface area contributed by atoms with E-state index in [9.17, 15) is 0 Å². The highest BCUT2D eigenvalue weighted by Gasteiger charge is 2.28. The van der Waals surface area contributed by atoms with Gasteiger partial charge in [-0.05, 0) is 23.8 Å². The highest BCUT2D eigenvalue weighted by Crippen LogP contribution is 2.34. The Morgan fingerprint density at radius 1 is 1.11 bits per heavy atom. The molecule has 0 bridgehead atoms. The standard InChI is InChI=1S/C16H18N2O/c1-19-16-8-7-14(9-15(16)17)18-10-13(11-18)12-5-3-2-4-6-12/h2-9,13H,10-11,17H2,1H3. The summed E-state index contributed by atoms with van der Waals surface area (Å²) in [5.41, 5.74) is 9.23. The fourth-order valence-electron chi connectivity index (χ4n) is 2.54. The number of ether oxygens (including phenoxy) is 1. The number of hydrogen-bond acceptors (Lipinski definition) is 3. The van der Waals surface area contributed by atoms with Crippen LogP contribution in [0, 0.1) is 0 Å². The third-order valence-corrected chi connectivity index (χ3v) is 3.73. The van der Waals surface area contributed by atoms with Gasteiger partial charge in [-0.1, -0.05) is 30.3 Å². The second-order valence-corrected chi connectivity index (χ2v) is 4.94. The van der Waals surface area contributed by atoms with E-state index in [0.29, 0.717) is 11.6 Å². The summed E-state index contributed by atoms with van der Waals surface area (Å²) >= 11 is 0. The molecule has 2 N–H and O–H groups in total. The van der Waals surface area contributed by atoms with Crippen LogP contribution in [0.2, 0.25) is 0 Å². The predicted octanol–water partition coefficient (Wildman–Crippen LogP) is 2.88.